The second kappa shape index (κ2) is 8.76. The van der Waals surface area contributed by atoms with Crippen molar-refractivity contribution in [1.29, 1.82) is 0 Å². The van der Waals surface area contributed by atoms with Crippen LogP contribution >= 0.6 is 0 Å². The van der Waals surface area contributed by atoms with Gasteiger partial charge in [0.15, 0.2) is 6.23 Å². The average molecular weight is 308 g/mol. The lowest BCUT2D eigenvalue weighted by atomic mass is 10.1. The van der Waals surface area contributed by atoms with Gasteiger partial charge in [-0.15, -0.1) is 0 Å². The third-order valence-corrected chi connectivity index (χ3v) is 3.07. The molecule has 7 nitrogen and oxygen atoms in total. The lowest BCUT2D eigenvalue weighted by Crippen LogP contribution is -2.33. The number of carbonyl (C=O) groups excluding carboxylic acids is 2. The van der Waals surface area contributed by atoms with Crippen molar-refractivity contribution in [2.45, 2.75) is 39.3 Å². The summed E-state index contributed by atoms with van der Waals surface area (Å²) in [6.45, 7) is 4.51. The molecule has 22 heavy (non-hydrogen) atoms. The largest absolute Gasteiger partial charge is 0.426 e. The predicted molar refractivity (Wildman–Crippen MR) is 86.5 cm³/mol. The Balaban J connectivity index is 2.62. The van der Waals surface area contributed by atoms with Crippen molar-refractivity contribution < 1.29 is 14.3 Å². The monoisotopic (exact) mass is 308 g/mol. The Kier molecular flexibility index (Phi) is 7.01. The molecule has 2 amide bonds. The molecule has 1 aromatic rings. The van der Waals surface area contributed by atoms with Crippen LogP contribution in [0.3, 0.4) is 0 Å². The van der Waals surface area contributed by atoms with E-state index in [9.17, 15) is 9.59 Å². The van der Waals surface area contributed by atoms with Crippen LogP contribution in [0.4, 0.5) is 16.2 Å². The number of benzene rings is 1. The normalized spacial score (nSPS) is 11.5. The zero-order valence-electron chi connectivity index (χ0n) is 13.0. The summed E-state index contributed by atoms with van der Waals surface area (Å²) in [6, 6.07) is 4.68. The van der Waals surface area contributed by atoms with Gasteiger partial charge in [-0.25, -0.2) is 4.79 Å². The highest BCUT2D eigenvalue weighted by molar-refractivity contribution is 5.94. The van der Waals surface area contributed by atoms with Crippen LogP contribution in [-0.2, 0) is 4.74 Å². The van der Waals surface area contributed by atoms with Crippen LogP contribution in [0, 0.1) is 0 Å². The molecule has 1 aromatic carbocycles. The van der Waals surface area contributed by atoms with Crippen LogP contribution in [0.2, 0.25) is 0 Å². The van der Waals surface area contributed by atoms with Gasteiger partial charge >= 0.3 is 6.09 Å². The summed E-state index contributed by atoms with van der Waals surface area (Å²) in [4.78, 5) is 22.7. The number of hydrogen-bond donors (Lipinski definition) is 4. The molecule has 0 saturated carbocycles. The molecule has 0 bridgehead atoms. The zero-order chi connectivity index (χ0) is 16.5. The van der Waals surface area contributed by atoms with E-state index >= 15 is 0 Å². The summed E-state index contributed by atoms with van der Waals surface area (Å²) in [5.74, 6) is -0.545. The topological polar surface area (TPSA) is 119 Å². The second-order valence-electron chi connectivity index (χ2n) is 4.89. The van der Waals surface area contributed by atoms with Crippen molar-refractivity contribution >= 4 is 23.4 Å². The van der Waals surface area contributed by atoms with Gasteiger partial charge in [-0.05, 0) is 24.6 Å². The van der Waals surface area contributed by atoms with E-state index in [0.29, 0.717) is 29.9 Å². The number of nitrogens with one attached hydrogen (secondary N) is 2. The van der Waals surface area contributed by atoms with Crippen molar-refractivity contribution in [3.8, 4) is 0 Å². The third kappa shape index (κ3) is 5.51. The van der Waals surface area contributed by atoms with E-state index in [1.807, 2.05) is 13.8 Å². The number of hydrogen-bond acceptors (Lipinski definition) is 5. The zero-order valence-corrected chi connectivity index (χ0v) is 13.0. The SMILES string of the molecule is CCCCNC(=O)OC(CC)Nc1ccc(C(N)=O)cc1N. The highest BCUT2D eigenvalue weighted by atomic mass is 16.6. The van der Waals surface area contributed by atoms with Gasteiger partial charge in [0, 0.05) is 18.5 Å². The molecule has 1 atom stereocenters. The molecular formula is C15H24N4O3. The summed E-state index contributed by atoms with van der Waals surface area (Å²) in [7, 11) is 0. The van der Waals surface area contributed by atoms with Crippen molar-refractivity contribution in [2.24, 2.45) is 5.73 Å². The number of nitrogens with two attached hydrogens (primary N) is 2. The fourth-order valence-corrected chi connectivity index (χ4v) is 1.77. The van der Waals surface area contributed by atoms with Gasteiger partial charge in [0.2, 0.25) is 5.91 Å². The fraction of sp³-hybridized carbons (Fsp3) is 0.467. The summed E-state index contributed by atoms with van der Waals surface area (Å²) in [6.07, 6.45) is 1.49. The first-order chi connectivity index (χ1) is 10.5. The van der Waals surface area contributed by atoms with Crippen LogP contribution in [0.1, 0.15) is 43.5 Å². The van der Waals surface area contributed by atoms with Gasteiger partial charge in [0.25, 0.3) is 0 Å². The summed E-state index contributed by atoms with van der Waals surface area (Å²) >= 11 is 0. The lowest BCUT2D eigenvalue weighted by Gasteiger charge is -2.20. The Morgan fingerprint density at radius 3 is 2.59 bits per heavy atom. The first-order valence-corrected chi connectivity index (χ1v) is 7.38. The number of carbonyl (C=O) groups is 2. The first-order valence-electron chi connectivity index (χ1n) is 7.38. The first kappa shape index (κ1) is 17.6. The van der Waals surface area contributed by atoms with Crippen LogP contribution in [0.25, 0.3) is 0 Å². The number of primary amides is 1. The van der Waals surface area contributed by atoms with E-state index in [2.05, 4.69) is 10.6 Å². The quantitative estimate of drug-likeness (QED) is 0.333. The van der Waals surface area contributed by atoms with Crippen molar-refractivity contribution in [3.63, 3.8) is 0 Å². The Morgan fingerprint density at radius 2 is 2.05 bits per heavy atom. The molecule has 0 saturated heterocycles. The molecule has 1 rings (SSSR count). The summed E-state index contributed by atoms with van der Waals surface area (Å²) in [5, 5.41) is 5.70. The van der Waals surface area contributed by atoms with Gasteiger partial charge in [0.1, 0.15) is 0 Å². The van der Waals surface area contributed by atoms with Gasteiger partial charge in [-0.2, -0.15) is 0 Å². The van der Waals surface area contributed by atoms with Crippen molar-refractivity contribution in [3.05, 3.63) is 23.8 Å². The Labute approximate surface area is 130 Å². The predicted octanol–water partition coefficient (Wildman–Crippen LogP) is 2.04. The molecule has 0 radical (unpaired) electrons. The second-order valence-corrected chi connectivity index (χ2v) is 4.89. The third-order valence-electron chi connectivity index (χ3n) is 3.07. The molecule has 122 valence electrons. The molecule has 0 aliphatic heterocycles. The van der Waals surface area contributed by atoms with Crippen LogP contribution in [-0.4, -0.2) is 24.8 Å². The number of anilines is 2. The van der Waals surface area contributed by atoms with Gasteiger partial charge in [-0.3, -0.25) is 4.79 Å². The number of nitrogen functional groups attached to an aromatic ring is 1. The summed E-state index contributed by atoms with van der Waals surface area (Å²) < 4.78 is 5.27. The minimum absolute atomic E-state index is 0.328. The molecule has 7 heteroatoms. The highest BCUT2D eigenvalue weighted by Gasteiger charge is 2.13. The van der Waals surface area contributed by atoms with E-state index in [-0.39, 0.29) is 0 Å². The minimum Gasteiger partial charge on any atom is -0.426 e. The van der Waals surface area contributed by atoms with Crippen molar-refractivity contribution in [2.75, 3.05) is 17.6 Å². The lowest BCUT2D eigenvalue weighted by molar-refractivity contribution is 0.1000. The Hall–Kier alpha value is -2.44. The van der Waals surface area contributed by atoms with E-state index in [4.69, 9.17) is 16.2 Å². The maximum atomic E-state index is 11.6. The summed E-state index contributed by atoms with van der Waals surface area (Å²) in [5.41, 5.74) is 12.3. The van der Waals surface area contributed by atoms with Gasteiger partial charge in [0.05, 0.1) is 11.4 Å². The van der Waals surface area contributed by atoms with Crippen LogP contribution in [0.5, 0.6) is 0 Å². The molecular weight excluding hydrogens is 284 g/mol. The Bertz CT molecular complexity index is 520. The number of alkyl carbamates (subject to hydrolysis) is 1. The molecule has 0 heterocycles. The van der Waals surface area contributed by atoms with Gasteiger partial charge < -0.3 is 26.8 Å². The van der Waals surface area contributed by atoms with E-state index < -0.39 is 18.2 Å². The molecule has 0 spiro atoms. The maximum absolute atomic E-state index is 11.6. The fourth-order valence-electron chi connectivity index (χ4n) is 1.77. The van der Waals surface area contributed by atoms with E-state index in [1.54, 1.807) is 12.1 Å². The minimum atomic E-state index is -0.545. The van der Waals surface area contributed by atoms with E-state index in [0.717, 1.165) is 12.8 Å². The van der Waals surface area contributed by atoms with Crippen LogP contribution in [0.15, 0.2) is 18.2 Å². The van der Waals surface area contributed by atoms with Crippen LogP contribution < -0.4 is 22.1 Å². The highest BCUT2D eigenvalue weighted by Crippen LogP contribution is 2.21. The molecule has 6 N–H and O–H groups in total. The Morgan fingerprint density at radius 1 is 1.32 bits per heavy atom. The molecule has 0 aliphatic carbocycles. The molecule has 0 aliphatic rings. The van der Waals surface area contributed by atoms with Gasteiger partial charge in [-0.1, -0.05) is 20.3 Å². The number of amides is 2. The average Bonchev–Trinajstić information content (AvgIpc) is 2.48. The smallest absolute Gasteiger partial charge is 0.409 e. The number of ether oxygens (including phenoxy) is 1. The number of unbranched alkanes of at least 4 members (excludes halogenated alkanes) is 1. The van der Waals surface area contributed by atoms with Crippen molar-refractivity contribution in [1.82, 2.24) is 5.32 Å². The van der Waals surface area contributed by atoms with E-state index in [1.165, 1.54) is 6.07 Å². The molecule has 1 unspecified atom stereocenters. The standard InChI is InChI=1S/C15H24N4O3/c1-3-5-8-18-15(21)22-13(4-2)19-12-7-6-10(14(17)20)9-11(12)16/h6-7,9,13,19H,3-5,8,16H2,1-2H3,(H2,17,20)(H,18,21). The maximum Gasteiger partial charge on any atom is 0.409 e. The molecule has 0 fully saturated rings. The molecule has 0 aromatic heterocycles. The number of rotatable bonds is 8.